The molecule has 0 aliphatic rings. The summed E-state index contributed by atoms with van der Waals surface area (Å²) in [6.45, 7) is 2.04. The second kappa shape index (κ2) is 7.66. The molecule has 0 aliphatic carbocycles. The molecular weight excluding hydrogens is 221 g/mol. The zero-order chi connectivity index (χ0) is 12.5. The third-order valence-corrected chi connectivity index (χ3v) is 2.07. The number of terminal acetylenes is 1. The quantitative estimate of drug-likeness (QED) is 0.577. The van der Waals surface area contributed by atoms with E-state index in [1.165, 1.54) is 12.1 Å². The maximum absolute atomic E-state index is 13.2. The number of hydrogen-bond acceptors (Lipinski definition) is 3. The van der Waals surface area contributed by atoms with E-state index in [1.807, 2.05) is 0 Å². The van der Waals surface area contributed by atoms with Gasteiger partial charge in [-0.1, -0.05) is 5.92 Å². The molecule has 0 radical (unpaired) electrons. The maximum atomic E-state index is 13.2. The number of rotatable bonds is 7. The topological polar surface area (TPSA) is 30.5 Å². The summed E-state index contributed by atoms with van der Waals surface area (Å²) in [5, 5.41) is 3.13. The zero-order valence-corrected chi connectivity index (χ0v) is 9.83. The first-order valence-corrected chi connectivity index (χ1v) is 5.31. The number of methoxy groups -OCH3 is 1. The van der Waals surface area contributed by atoms with Crippen LogP contribution in [-0.4, -0.2) is 26.9 Å². The fourth-order valence-corrected chi connectivity index (χ4v) is 1.34. The molecule has 0 bridgehead atoms. The minimum Gasteiger partial charge on any atom is -0.481 e. The Hall–Kier alpha value is -1.57. The molecule has 0 atom stereocenters. The number of hydrogen-bond donors (Lipinski definition) is 1. The Morgan fingerprint density at radius 1 is 1.41 bits per heavy atom. The van der Waals surface area contributed by atoms with E-state index in [0.29, 0.717) is 25.4 Å². The molecule has 0 fully saturated rings. The minimum atomic E-state index is -0.330. The molecule has 0 unspecified atom stereocenters. The second-order valence-electron chi connectivity index (χ2n) is 3.46. The largest absolute Gasteiger partial charge is 0.481 e. The van der Waals surface area contributed by atoms with Crippen LogP contribution in [0.5, 0.6) is 5.75 Å². The molecule has 0 amide bonds. The van der Waals surface area contributed by atoms with E-state index in [9.17, 15) is 4.39 Å². The van der Waals surface area contributed by atoms with Crippen LogP contribution >= 0.6 is 0 Å². The van der Waals surface area contributed by atoms with Gasteiger partial charge in [-0.3, -0.25) is 0 Å². The van der Waals surface area contributed by atoms with E-state index < -0.39 is 0 Å². The van der Waals surface area contributed by atoms with Crippen LogP contribution in [0.25, 0.3) is 0 Å². The summed E-state index contributed by atoms with van der Waals surface area (Å²) in [7, 11) is 1.63. The molecular formula is C13H16FNO2. The Morgan fingerprint density at radius 2 is 2.24 bits per heavy atom. The van der Waals surface area contributed by atoms with Crippen molar-refractivity contribution < 1.29 is 13.9 Å². The Bertz CT molecular complexity index is 387. The summed E-state index contributed by atoms with van der Waals surface area (Å²) < 4.78 is 23.3. The van der Waals surface area contributed by atoms with Crippen LogP contribution in [0.3, 0.4) is 0 Å². The molecule has 0 saturated carbocycles. The molecule has 1 rings (SSSR count). The Morgan fingerprint density at radius 3 is 2.94 bits per heavy atom. The third-order valence-electron chi connectivity index (χ3n) is 2.07. The summed E-state index contributed by atoms with van der Waals surface area (Å²) >= 11 is 0. The summed E-state index contributed by atoms with van der Waals surface area (Å²) in [6, 6.07) is 4.54. The van der Waals surface area contributed by atoms with Crippen molar-refractivity contribution in [3.63, 3.8) is 0 Å². The van der Waals surface area contributed by atoms with Gasteiger partial charge in [-0.15, -0.1) is 6.42 Å². The van der Waals surface area contributed by atoms with Gasteiger partial charge in [-0.25, -0.2) is 4.39 Å². The first kappa shape index (κ1) is 13.5. The van der Waals surface area contributed by atoms with Crippen molar-refractivity contribution in [1.29, 1.82) is 0 Å². The average molecular weight is 237 g/mol. The van der Waals surface area contributed by atoms with E-state index in [0.717, 1.165) is 5.56 Å². The van der Waals surface area contributed by atoms with Crippen molar-refractivity contribution >= 4 is 0 Å². The summed E-state index contributed by atoms with van der Waals surface area (Å²) in [4.78, 5) is 0. The van der Waals surface area contributed by atoms with Gasteiger partial charge >= 0.3 is 0 Å². The van der Waals surface area contributed by atoms with Gasteiger partial charge in [0.05, 0.1) is 6.61 Å². The van der Waals surface area contributed by atoms with Gasteiger partial charge in [0.15, 0.2) is 0 Å². The lowest BCUT2D eigenvalue weighted by Crippen LogP contribution is -2.18. The molecule has 0 heterocycles. The van der Waals surface area contributed by atoms with Crippen LogP contribution in [0, 0.1) is 18.2 Å². The van der Waals surface area contributed by atoms with Gasteiger partial charge in [0.25, 0.3) is 0 Å². The molecule has 0 saturated heterocycles. The predicted molar refractivity (Wildman–Crippen MR) is 64.3 cm³/mol. The summed E-state index contributed by atoms with van der Waals surface area (Å²) in [5.74, 6) is 2.46. The van der Waals surface area contributed by atoms with Crippen molar-refractivity contribution in [2.75, 3.05) is 26.9 Å². The van der Waals surface area contributed by atoms with Gasteiger partial charge in [0.1, 0.15) is 18.2 Å². The van der Waals surface area contributed by atoms with Gasteiger partial charge < -0.3 is 14.8 Å². The third kappa shape index (κ3) is 5.34. The van der Waals surface area contributed by atoms with E-state index in [-0.39, 0.29) is 12.4 Å². The molecule has 3 nitrogen and oxygen atoms in total. The number of nitrogens with one attached hydrogen (secondary N) is 1. The number of ether oxygens (including phenoxy) is 2. The smallest absolute Gasteiger partial charge is 0.148 e. The fourth-order valence-electron chi connectivity index (χ4n) is 1.34. The van der Waals surface area contributed by atoms with Crippen molar-refractivity contribution in [3.05, 3.63) is 29.6 Å². The predicted octanol–water partition coefficient (Wildman–Crippen LogP) is 1.57. The van der Waals surface area contributed by atoms with Gasteiger partial charge in [0, 0.05) is 26.3 Å². The highest BCUT2D eigenvalue weighted by Gasteiger charge is 2.01. The monoisotopic (exact) mass is 237 g/mol. The lowest BCUT2D eigenvalue weighted by Gasteiger charge is -2.07. The molecule has 1 aromatic carbocycles. The molecule has 17 heavy (non-hydrogen) atoms. The molecule has 0 aliphatic heterocycles. The summed E-state index contributed by atoms with van der Waals surface area (Å²) in [6.07, 6.45) is 5.07. The highest BCUT2D eigenvalue weighted by atomic mass is 19.1. The minimum absolute atomic E-state index is 0.139. The molecule has 1 aromatic rings. The highest BCUT2D eigenvalue weighted by molar-refractivity contribution is 5.29. The van der Waals surface area contributed by atoms with Crippen molar-refractivity contribution in [2.24, 2.45) is 0 Å². The number of benzene rings is 1. The first-order chi connectivity index (χ1) is 8.26. The Labute approximate surface area is 101 Å². The van der Waals surface area contributed by atoms with Crippen molar-refractivity contribution in [3.8, 4) is 18.1 Å². The van der Waals surface area contributed by atoms with Crippen LogP contribution in [0.15, 0.2) is 18.2 Å². The van der Waals surface area contributed by atoms with Crippen LogP contribution in [-0.2, 0) is 11.3 Å². The lowest BCUT2D eigenvalue weighted by atomic mass is 10.2. The van der Waals surface area contributed by atoms with Crippen LogP contribution in [0.4, 0.5) is 4.39 Å². The van der Waals surface area contributed by atoms with Crippen LogP contribution in [0.2, 0.25) is 0 Å². The van der Waals surface area contributed by atoms with Crippen molar-refractivity contribution in [2.45, 2.75) is 6.54 Å². The number of halogens is 1. The molecule has 0 spiro atoms. The van der Waals surface area contributed by atoms with E-state index in [4.69, 9.17) is 15.9 Å². The summed E-state index contributed by atoms with van der Waals surface area (Å²) in [5.41, 5.74) is 0.813. The Balaban J connectivity index is 2.53. The highest BCUT2D eigenvalue weighted by Crippen LogP contribution is 2.16. The fraction of sp³-hybridized carbons (Fsp3) is 0.385. The van der Waals surface area contributed by atoms with Crippen molar-refractivity contribution in [1.82, 2.24) is 5.32 Å². The standard InChI is InChI=1S/C13H16FNO2/c1-3-5-17-13-8-11(7-12(14)9-13)10-15-4-6-16-2/h1,7-9,15H,4-6,10H2,2H3. The Kier molecular flexibility index (Phi) is 6.08. The van der Waals surface area contributed by atoms with Gasteiger partial charge in [-0.05, 0) is 17.7 Å². The zero-order valence-electron chi connectivity index (χ0n) is 9.83. The van der Waals surface area contributed by atoms with Crippen LogP contribution in [0.1, 0.15) is 5.56 Å². The average Bonchev–Trinajstić information content (AvgIpc) is 2.31. The SMILES string of the molecule is C#CCOc1cc(F)cc(CNCCOC)c1. The van der Waals surface area contributed by atoms with Gasteiger partial charge in [-0.2, -0.15) is 0 Å². The molecule has 0 aromatic heterocycles. The van der Waals surface area contributed by atoms with E-state index in [2.05, 4.69) is 11.2 Å². The van der Waals surface area contributed by atoms with Gasteiger partial charge in [0.2, 0.25) is 0 Å². The van der Waals surface area contributed by atoms with E-state index in [1.54, 1.807) is 13.2 Å². The first-order valence-electron chi connectivity index (χ1n) is 5.31. The maximum Gasteiger partial charge on any atom is 0.148 e. The molecule has 4 heteroatoms. The molecule has 92 valence electrons. The van der Waals surface area contributed by atoms with E-state index >= 15 is 0 Å². The molecule has 1 N–H and O–H groups in total. The normalized spacial score (nSPS) is 9.94. The second-order valence-corrected chi connectivity index (χ2v) is 3.46. The van der Waals surface area contributed by atoms with Crippen LogP contribution < -0.4 is 10.1 Å². The lowest BCUT2D eigenvalue weighted by molar-refractivity contribution is 0.199.